The standard InChI is InChI=1S/C59H101N2O7P/c1-7-10-13-16-19-22-25-28-29-30-31-34-37-40-43-46-49-52-59(63)68-57(50-47-44-41-38-35-32-26-23-20-17-14-11-8-2)56(55-67-69(64,65)66-54-53-61(4,5)6)60-58(62)51-48-45-42-39-36-33-27-24-21-18-15-12-9-3/h10,12-13,15,18-19,21-22,24,27-29,31,34,40,43,47,50,56-57H,7-9,11,14,16-17,20,23,25-26,30,32-33,35-39,41-42,44-46,48-49,51-55H2,1-6H3,(H-,60,62,64,65)/b13-10-,15-12+,21-18+,22-19-,27-24-,29-28-,34-31-,43-40-,50-47+. The van der Waals surface area contributed by atoms with Crippen LogP contribution >= 0.6 is 7.82 Å². The number of phosphoric ester groups is 1. The summed E-state index contributed by atoms with van der Waals surface area (Å²) in [4.78, 5) is 39.7. The van der Waals surface area contributed by atoms with Crippen molar-refractivity contribution in [3.63, 3.8) is 0 Å². The van der Waals surface area contributed by atoms with Gasteiger partial charge < -0.3 is 28.5 Å². The smallest absolute Gasteiger partial charge is 0.306 e. The maximum absolute atomic E-state index is 13.4. The molecule has 0 aromatic heterocycles. The Morgan fingerprint density at radius 1 is 0.536 bits per heavy atom. The summed E-state index contributed by atoms with van der Waals surface area (Å²) in [5.74, 6) is -0.644. The third-order valence-corrected chi connectivity index (χ3v) is 12.2. The van der Waals surface area contributed by atoms with Crippen molar-refractivity contribution in [2.24, 2.45) is 0 Å². The molecule has 1 amide bonds. The Labute approximate surface area is 423 Å². The lowest BCUT2D eigenvalue weighted by molar-refractivity contribution is -0.870. The molecule has 69 heavy (non-hydrogen) atoms. The number of hydrogen-bond donors (Lipinski definition) is 1. The Kier molecular flexibility index (Phi) is 46.0. The van der Waals surface area contributed by atoms with Crippen LogP contribution < -0.4 is 10.2 Å². The number of allylic oxidation sites excluding steroid dienone is 17. The van der Waals surface area contributed by atoms with Gasteiger partial charge in [0, 0.05) is 12.8 Å². The van der Waals surface area contributed by atoms with E-state index < -0.39 is 32.5 Å². The molecule has 0 rings (SSSR count). The van der Waals surface area contributed by atoms with Crippen LogP contribution in [0.4, 0.5) is 0 Å². The van der Waals surface area contributed by atoms with E-state index in [2.05, 4.69) is 111 Å². The molecule has 0 aliphatic carbocycles. The van der Waals surface area contributed by atoms with Crippen molar-refractivity contribution in [2.75, 3.05) is 40.9 Å². The highest BCUT2D eigenvalue weighted by Crippen LogP contribution is 2.38. The average Bonchev–Trinajstić information content (AvgIpc) is 3.31. The predicted molar refractivity (Wildman–Crippen MR) is 293 cm³/mol. The van der Waals surface area contributed by atoms with Crippen molar-refractivity contribution in [3.05, 3.63) is 109 Å². The Hall–Kier alpha value is -3.33. The van der Waals surface area contributed by atoms with Gasteiger partial charge in [-0.3, -0.25) is 14.2 Å². The number of unbranched alkanes of at least 4 members (excludes halogenated alkanes) is 17. The van der Waals surface area contributed by atoms with Gasteiger partial charge in [-0.1, -0.05) is 208 Å². The van der Waals surface area contributed by atoms with Crippen LogP contribution in [0.1, 0.15) is 201 Å². The molecular formula is C59H101N2O7P. The molecule has 10 heteroatoms. The number of rotatable bonds is 47. The highest BCUT2D eigenvalue weighted by molar-refractivity contribution is 7.45. The number of carbonyl (C=O) groups excluding carboxylic acids is 2. The first-order valence-corrected chi connectivity index (χ1v) is 28.7. The summed E-state index contributed by atoms with van der Waals surface area (Å²) in [6.45, 7) is 6.51. The lowest BCUT2D eigenvalue weighted by atomic mass is 10.0. The monoisotopic (exact) mass is 981 g/mol. The van der Waals surface area contributed by atoms with Gasteiger partial charge >= 0.3 is 5.97 Å². The second-order valence-corrected chi connectivity index (χ2v) is 20.4. The van der Waals surface area contributed by atoms with Crippen LogP contribution in [0.2, 0.25) is 0 Å². The number of hydrogen-bond acceptors (Lipinski definition) is 7. The normalized spacial score (nSPS) is 14.7. The second-order valence-electron chi connectivity index (χ2n) is 19.0. The van der Waals surface area contributed by atoms with Gasteiger partial charge in [0.05, 0.1) is 33.8 Å². The van der Waals surface area contributed by atoms with E-state index in [1.807, 2.05) is 39.4 Å². The van der Waals surface area contributed by atoms with Gasteiger partial charge in [0.15, 0.2) is 0 Å². The number of nitrogens with one attached hydrogen (secondary N) is 1. The zero-order chi connectivity index (χ0) is 50.8. The van der Waals surface area contributed by atoms with E-state index in [1.54, 1.807) is 6.08 Å². The Morgan fingerprint density at radius 2 is 1.01 bits per heavy atom. The number of likely N-dealkylation sites (N-methyl/N-ethyl adjacent to an activating group) is 1. The fraction of sp³-hybridized carbons (Fsp3) is 0.661. The molecule has 0 heterocycles. The molecule has 0 saturated heterocycles. The summed E-state index contributed by atoms with van der Waals surface area (Å²) < 4.78 is 30.1. The lowest BCUT2D eigenvalue weighted by Gasteiger charge is -2.30. The van der Waals surface area contributed by atoms with Gasteiger partial charge in [0.25, 0.3) is 7.82 Å². The van der Waals surface area contributed by atoms with Gasteiger partial charge in [-0.05, 0) is 89.5 Å². The van der Waals surface area contributed by atoms with E-state index in [0.29, 0.717) is 23.9 Å². The summed E-state index contributed by atoms with van der Waals surface area (Å²) >= 11 is 0. The minimum Gasteiger partial charge on any atom is -0.756 e. The Bertz CT molecular complexity index is 1550. The zero-order valence-corrected chi connectivity index (χ0v) is 45.6. The molecule has 0 aromatic rings. The molecule has 9 nitrogen and oxygen atoms in total. The average molecular weight is 981 g/mol. The van der Waals surface area contributed by atoms with Crippen molar-refractivity contribution >= 4 is 19.7 Å². The summed E-state index contributed by atoms with van der Waals surface area (Å²) in [6, 6.07) is -0.927. The molecule has 0 aliphatic heterocycles. The first kappa shape index (κ1) is 65.7. The molecule has 0 radical (unpaired) electrons. The quantitative estimate of drug-likeness (QED) is 0.0161. The van der Waals surface area contributed by atoms with Crippen LogP contribution in [-0.2, 0) is 27.9 Å². The minimum absolute atomic E-state index is 0.0412. The van der Waals surface area contributed by atoms with E-state index in [-0.39, 0.29) is 25.4 Å². The molecule has 3 atom stereocenters. The molecule has 0 bridgehead atoms. The van der Waals surface area contributed by atoms with E-state index >= 15 is 0 Å². The van der Waals surface area contributed by atoms with Gasteiger partial charge in [0.2, 0.25) is 5.91 Å². The zero-order valence-electron chi connectivity index (χ0n) is 44.7. The van der Waals surface area contributed by atoms with Gasteiger partial charge in [-0.15, -0.1) is 0 Å². The highest BCUT2D eigenvalue weighted by Gasteiger charge is 2.27. The summed E-state index contributed by atoms with van der Waals surface area (Å²) in [7, 11) is 1.12. The van der Waals surface area contributed by atoms with Gasteiger partial charge in [-0.2, -0.15) is 0 Å². The van der Waals surface area contributed by atoms with Crippen molar-refractivity contribution < 1.29 is 37.3 Å². The fourth-order valence-corrected chi connectivity index (χ4v) is 7.81. The topological polar surface area (TPSA) is 114 Å². The maximum atomic E-state index is 13.4. The third-order valence-electron chi connectivity index (χ3n) is 11.3. The fourth-order valence-electron chi connectivity index (χ4n) is 7.08. The summed E-state index contributed by atoms with van der Waals surface area (Å²) in [5.41, 5.74) is 0. The molecule has 0 aliphatic rings. The second kappa shape index (κ2) is 48.3. The molecule has 0 spiro atoms. The molecule has 394 valence electrons. The SMILES string of the molecule is CC/C=C\C/C=C\C/C=C\C/C=C\C/C=C\CCCC(=O)OC(/C=C/CCCCCCCCCCCCC)C(COP(=O)([O-])OCC[N+](C)(C)C)NC(=O)CCCCCCC\C=C/C=C/C=C/CC. The van der Waals surface area contributed by atoms with E-state index in [1.165, 1.54) is 57.8 Å². The minimum atomic E-state index is -4.72. The first-order valence-electron chi connectivity index (χ1n) is 27.2. The van der Waals surface area contributed by atoms with E-state index in [9.17, 15) is 19.0 Å². The maximum Gasteiger partial charge on any atom is 0.306 e. The highest BCUT2D eigenvalue weighted by atomic mass is 31.2. The van der Waals surface area contributed by atoms with Gasteiger partial charge in [0.1, 0.15) is 19.3 Å². The number of quaternary nitrogens is 1. The Balaban J connectivity index is 5.55. The van der Waals surface area contributed by atoms with E-state index in [4.69, 9.17) is 13.8 Å². The van der Waals surface area contributed by atoms with Crippen LogP contribution in [0.15, 0.2) is 109 Å². The number of ether oxygens (including phenoxy) is 1. The largest absolute Gasteiger partial charge is 0.756 e. The van der Waals surface area contributed by atoms with Crippen molar-refractivity contribution in [1.29, 1.82) is 0 Å². The van der Waals surface area contributed by atoms with Crippen LogP contribution in [0, 0.1) is 0 Å². The van der Waals surface area contributed by atoms with Crippen molar-refractivity contribution in [3.8, 4) is 0 Å². The first-order chi connectivity index (χ1) is 33.4. The Morgan fingerprint density at radius 3 is 1.57 bits per heavy atom. The van der Waals surface area contributed by atoms with Crippen molar-refractivity contribution in [2.45, 2.75) is 213 Å². The van der Waals surface area contributed by atoms with Crippen LogP contribution in [0.5, 0.6) is 0 Å². The van der Waals surface area contributed by atoms with Crippen LogP contribution in [0.25, 0.3) is 0 Å². The van der Waals surface area contributed by atoms with E-state index in [0.717, 1.165) is 96.3 Å². The molecule has 1 N–H and O–H groups in total. The van der Waals surface area contributed by atoms with Crippen LogP contribution in [0.3, 0.4) is 0 Å². The van der Waals surface area contributed by atoms with Crippen molar-refractivity contribution in [1.82, 2.24) is 5.32 Å². The molecule has 3 unspecified atom stereocenters. The molecule has 0 aromatic carbocycles. The third kappa shape index (κ3) is 49.4. The number of carbonyl (C=O) groups is 2. The molecule has 0 fully saturated rings. The number of esters is 1. The summed E-state index contributed by atoms with van der Waals surface area (Å²) in [5, 5.41) is 2.98. The lowest BCUT2D eigenvalue weighted by Crippen LogP contribution is -2.47. The molecular weight excluding hydrogens is 880 g/mol. The van der Waals surface area contributed by atoms with Gasteiger partial charge in [-0.25, -0.2) is 0 Å². The summed E-state index contributed by atoms with van der Waals surface area (Å²) in [6.07, 6.45) is 64.9. The number of amides is 1. The van der Waals surface area contributed by atoms with Crippen LogP contribution in [-0.4, -0.2) is 69.4 Å². The number of nitrogens with zero attached hydrogens (tertiary/aromatic N) is 1. The number of phosphoric acid groups is 1. The molecule has 0 saturated carbocycles. The predicted octanol–water partition coefficient (Wildman–Crippen LogP) is 15.6.